The Morgan fingerprint density at radius 1 is 1.26 bits per heavy atom. The Morgan fingerprint density at radius 3 is 2.61 bits per heavy atom. The summed E-state index contributed by atoms with van der Waals surface area (Å²) in [4.78, 5) is 41.2. The average molecular weight is 425 g/mol. The van der Waals surface area contributed by atoms with Gasteiger partial charge < -0.3 is 20.5 Å². The molecule has 0 saturated carbocycles. The van der Waals surface area contributed by atoms with Gasteiger partial charge in [-0.25, -0.2) is 0 Å². The quantitative estimate of drug-likeness (QED) is 0.341. The van der Waals surface area contributed by atoms with E-state index < -0.39 is 4.92 Å². The second kappa shape index (κ2) is 9.13. The number of H-pyrrole nitrogens is 1. The first-order valence-corrected chi connectivity index (χ1v) is 10.3. The first kappa shape index (κ1) is 22.2. The Balaban J connectivity index is 1.87. The van der Waals surface area contributed by atoms with Gasteiger partial charge in [-0.05, 0) is 44.6 Å². The van der Waals surface area contributed by atoms with Crippen LogP contribution in [0.3, 0.4) is 0 Å². The monoisotopic (exact) mass is 425 g/mol. The lowest BCUT2D eigenvalue weighted by Gasteiger charge is -2.18. The number of anilines is 1. The fourth-order valence-corrected chi connectivity index (χ4v) is 3.79. The Hall–Kier alpha value is -3.46. The molecular weight excluding hydrogens is 398 g/mol. The maximum Gasteiger partial charge on any atom is 0.270 e. The number of nitro benzene ring substituents is 1. The fraction of sp³-hybridized carbons (Fsp3) is 0.364. The number of non-ortho nitro benzene ring substituents is 1. The van der Waals surface area contributed by atoms with Gasteiger partial charge in [0.25, 0.3) is 17.5 Å². The molecule has 164 valence electrons. The minimum Gasteiger partial charge on any atom is -0.358 e. The van der Waals surface area contributed by atoms with Crippen LogP contribution in [0, 0.1) is 24.0 Å². The maximum atomic E-state index is 12.8. The minimum atomic E-state index is -0.495. The lowest BCUT2D eigenvalue weighted by molar-refractivity contribution is -0.384. The molecule has 3 rings (SSSR count). The molecule has 0 aliphatic carbocycles. The zero-order valence-corrected chi connectivity index (χ0v) is 18.2. The molecule has 9 nitrogen and oxygen atoms in total. The number of hydrogen-bond acceptors (Lipinski definition) is 5. The summed E-state index contributed by atoms with van der Waals surface area (Å²) in [5.41, 5.74) is 3.80. The largest absolute Gasteiger partial charge is 0.358 e. The van der Waals surface area contributed by atoms with Crippen LogP contribution in [0.5, 0.6) is 0 Å². The van der Waals surface area contributed by atoms with Crippen molar-refractivity contribution in [3.8, 4) is 0 Å². The fourth-order valence-electron chi connectivity index (χ4n) is 3.79. The van der Waals surface area contributed by atoms with E-state index in [2.05, 4.69) is 34.4 Å². The van der Waals surface area contributed by atoms with Crippen molar-refractivity contribution in [3.05, 3.63) is 56.4 Å². The Kier molecular flexibility index (Phi) is 6.55. The number of rotatable bonds is 8. The highest BCUT2D eigenvalue weighted by Crippen LogP contribution is 2.36. The van der Waals surface area contributed by atoms with Crippen LogP contribution in [0.4, 0.5) is 11.4 Å². The van der Waals surface area contributed by atoms with E-state index in [1.807, 2.05) is 13.8 Å². The van der Waals surface area contributed by atoms with Gasteiger partial charge in [0.2, 0.25) is 0 Å². The Labute approximate surface area is 180 Å². The van der Waals surface area contributed by atoms with Crippen molar-refractivity contribution >= 4 is 34.8 Å². The van der Waals surface area contributed by atoms with Crippen LogP contribution in [0.1, 0.15) is 46.7 Å². The molecule has 2 amide bonds. The molecule has 0 spiro atoms. The number of amides is 2. The van der Waals surface area contributed by atoms with Crippen molar-refractivity contribution < 1.29 is 14.5 Å². The summed E-state index contributed by atoms with van der Waals surface area (Å²) in [5.74, 6) is -0.512. The number of aromatic amines is 1. The molecule has 1 aromatic heterocycles. The molecule has 0 unspecified atom stereocenters. The van der Waals surface area contributed by atoms with E-state index in [0.717, 1.165) is 25.2 Å². The van der Waals surface area contributed by atoms with Crippen molar-refractivity contribution in [2.75, 3.05) is 31.5 Å². The first-order valence-electron chi connectivity index (χ1n) is 10.3. The highest BCUT2D eigenvalue weighted by molar-refractivity contribution is 6.35. The smallest absolute Gasteiger partial charge is 0.270 e. The molecule has 0 bridgehead atoms. The van der Waals surface area contributed by atoms with E-state index in [9.17, 15) is 19.7 Å². The lowest BCUT2D eigenvalue weighted by Crippen LogP contribution is -2.35. The molecule has 9 heteroatoms. The summed E-state index contributed by atoms with van der Waals surface area (Å²) in [6.07, 6.45) is 1.64. The molecule has 1 aliphatic rings. The van der Waals surface area contributed by atoms with Crippen molar-refractivity contribution in [2.45, 2.75) is 27.7 Å². The second-order valence-electron chi connectivity index (χ2n) is 7.45. The number of likely N-dealkylation sites (N-methyl/N-ethyl adjacent to an activating group) is 1. The average Bonchev–Trinajstić information content (AvgIpc) is 3.20. The predicted octanol–water partition coefficient (Wildman–Crippen LogP) is 3.10. The first-order chi connectivity index (χ1) is 14.8. The number of nitrogens with one attached hydrogen (secondary N) is 3. The number of aromatic nitrogens is 1. The second-order valence-corrected chi connectivity index (χ2v) is 7.45. The highest BCUT2D eigenvalue weighted by Gasteiger charge is 2.27. The van der Waals surface area contributed by atoms with Gasteiger partial charge in [0.15, 0.2) is 0 Å². The third-order valence-electron chi connectivity index (χ3n) is 5.60. The Bertz CT molecular complexity index is 1070. The van der Waals surface area contributed by atoms with Crippen LogP contribution in [0.15, 0.2) is 18.2 Å². The van der Waals surface area contributed by atoms with Gasteiger partial charge in [0, 0.05) is 47.9 Å². The van der Waals surface area contributed by atoms with Crippen molar-refractivity contribution in [1.82, 2.24) is 15.2 Å². The number of aryl methyl sites for hydroxylation is 1. The van der Waals surface area contributed by atoms with Gasteiger partial charge in [-0.15, -0.1) is 0 Å². The van der Waals surface area contributed by atoms with E-state index in [0.29, 0.717) is 40.3 Å². The van der Waals surface area contributed by atoms with Crippen molar-refractivity contribution in [2.24, 2.45) is 0 Å². The van der Waals surface area contributed by atoms with Crippen LogP contribution in [-0.2, 0) is 4.79 Å². The number of fused-ring (bicyclic) bond motifs is 1. The summed E-state index contributed by atoms with van der Waals surface area (Å²) in [5, 5.41) is 16.8. The Morgan fingerprint density at radius 2 is 1.97 bits per heavy atom. The van der Waals surface area contributed by atoms with Gasteiger partial charge in [0.05, 0.1) is 16.1 Å². The molecule has 1 aliphatic heterocycles. The van der Waals surface area contributed by atoms with Gasteiger partial charge in [-0.2, -0.15) is 0 Å². The molecule has 31 heavy (non-hydrogen) atoms. The van der Waals surface area contributed by atoms with E-state index in [1.165, 1.54) is 18.2 Å². The third-order valence-corrected chi connectivity index (χ3v) is 5.60. The van der Waals surface area contributed by atoms with Crippen molar-refractivity contribution in [1.29, 1.82) is 0 Å². The van der Waals surface area contributed by atoms with Gasteiger partial charge in [-0.1, -0.05) is 13.8 Å². The number of hydrogen-bond donors (Lipinski definition) is 3. The van der Waals surface area contributed by atoms with Gasteiger partial charge in [0.1, 0.15) is 0 Å². The number of carbonyl (C=O) groups is 2. The van der Waals surface area contributed by atoms with E-state index in [1.54, 1.807) is 6.08 Å². The molecular formula is C22H27N5O4. The van der Waals surface area contributed by atoms with E-state index in [4.69, 9.17) is 0 Å². The molecule has 0 atom stereocenters. The van der Waals surface area contributed by atoms with Crippen LogP contribution in [0.2, 0.25) is 0 Å². The molecule has 2 aromatic rings. The van der Waals surface area contributed by atoms with Crippen LogP contribution in [-0.4, -0.2) is 52.8 Å². The molecule has 3 N–H and O–H groups in total. The van der Waals surface area contributed by atoms with Crippen LogP contribution < -0.4 is 10.6 Å². The van der Waals surface area contributed by atoms with Gasteiger partial charge >= 0.3 is 0 Å². The van der Waals surface area contributed by atoms with Crippen LogP contribution in [0.25, 0.3) is 11.6 Å². The van der Waals surface area contributed by atoms with E-state index >= 15 is 0 Å². The standard InChI is InChI=1S/C22H27N5O4/c1-5-26(6-2)10-9-23-22(29)20-13(3)19(24-14(20)4)12-17-16-11-15(27(30)31)7-8-18(16)25-21(17)28/h7-8,11-12,24H,5-6,9-10H2,1-4H3,(H,23,29)(H,25,28)/b17-12-. The number of nitro groups is 1. The van der Waals surface area contributed by atoms with Crippen LogP contribution >= 0.6 is 0 Å². The summed E-state index contributed by atoms with van der Waals surface area (Å²) in [6.45, 7) is 10.9. The van der Waals surface area contributed by atoms with Gasteiger partial charge in [-0.3, -0.25) is 19.7 Å². The zero-order valence-electron chi connectivity index (χ0n) is 18.2. The number of nitrogens with zero attached hydrogens (tertiary/aromatic N) is 2. The summed E-state index contributed by atoms with van der Waals surface area (Å²) in [7, 11) is 0. The molecule has 1 aromatic carbocycles. The summed E-state index contributed by atoms with van der Waals surface area (Å²) >= 11 is 0. The maximum absolute atomic E-state index is 12.8. The normalized spacial score (nSPS) is 14.1. The number of benzene rings is 1. The third kappa shape index (κ3) is 4.51. The molecule has 0 fully saturated rings. The minimum absolute atomic E-state index is 0.0891. The SMILES string of the molecule is CCN(CC)CCNC(=O)c1c(C)[nH]c(/C=C2\C(=O)Nc3ccc([N+](=O)[O-])cc32)c1C. The number of carbonyl (C=O) groups excluding carboxylic acids is 2. The van der Waals surface area contributed by atoms with E-state index in [-0.39, 0.29) is 17.5 Å². The molecule has 0 saturated heterocycles. The zero-order chi connectivity index (χ0) is 22.7. The lowest BCUT2D eigenvalue weighted by atomic mass is 10.0. The summed E-state index contributed by atoms with van der Waals surface area (Å²) < 4.78 is 0. The predicted molar refractivity (Wildman–Crippen MR) is 120 cm³/mol. The summed E-state index contributed by atoms with van der Waals surface area (Å²) in [6, 6.07) is 4.26. The van der Waals surface area contributed by atoms with Crippen molar-refractivity contribution in [3.63, 3.8) is 0 Å². The molecule has 0 radical (unpaired) electrons. The highest BCUT2D eigenvalue weighted by atomic mass is 16.6. The topological polar surface area (TPSA) is 120 Å². The molecule has 2 heterocycles.